The van der Waals surface area contributed by atoms with Crippen LogP contribution in [0.15, 0.2) is 60.7 Å². The van der Waals surface area contributed by atoms with E-state index >= 15 is 0 Å². The lowest BCUT2D eigenvalue weighted by Crippen LogP contribution is -2.07. The molecule has 0 spiro atoms. The van der Waals surface area contributed by atoms with Crippen LogP contribution >= 0.6 is 0 Å². The first-order chi connectivity index (χ1) is 7.92. The van der Waals surface area contributed by atoms with E-state index in [-0.39, 0.29) is 12.5 Å². The molecule has 0 bridgehead atoms. The SMILES string of the molecule is [O]OCC(c1ccccc1)c1ccccc1. The fourth-order valence-corrected chi connectivity index (χ4v) is 1.82. The van der Waals surface area contributed by atoms with Crippen molar-refractivity contribution in [1.29, 1.82) is 0 Å². The Bertz CT molecular complexity index is 372. The first-order valence-corrected chi connectivity index (χ1v) is 5.26. The summed E-state index contributed by atoms with van der Waals surface area (Å²) >= 11 is 0. The van der Waals surface area contributed by atoms with Crippen LogP contribution in [0, 0.1) is 0 Å². The molecule has 2 aromatic carbocycles. The first-order valence-electron chi connectivity index (χ1n) is 5.26. The minimum atomic E-state index is 0.0138. The Balaban J connectivity index is 2.31. The van der Waals surface area contributed by atoms with Crippen molar-refractivity contribution in [3.05, 3.63) is 71.8 Å². The summed E-state index contributed by atoms with van der Waals surface area (Å²) in [6.07, 6.45) is 0. The van der Waals surface area contributed by atoms with Crippen molar-refractivity contribution in [2.75, 3.05) is 6.61 Å². The molecule has 0 amide bonds. The van der Waals surface area contributed by atoms with Gasteiger partial charge < -0.3 is 0 Å². The van der Waals surface area contributed by atoms with Crippen molar-refractivity contribution in [1.82, 2.24) is 0 Å². The number of rotatable bonds is 4. The fourth-order valence-electron chi connectivity index (χ4n) is 1.82. The Morgan fingerprint density at radius 2 is 1.25 bits per heavy atom. The van der Waals surface area contributed by atoms with Crippen LogP contribution in [-0.2, 0) is 10.1 Å². The van der Waals surface area contributed by atoms with Gasteiger partial charge in [-0.15, -0.1) is 0 Å². The van der Waals surface area contributed by atoms with Gasteiger partial charge in [0.1, 0.15) is 0 Å². The molecule has 0 fully saturated rings. The van der Waals surface area contributed by atoms with Crippen molar-refractivity contribution in [3.8, 4) is 0 Å². The lowest BCUT2D eigenvalue weighted by molar-refractivity contribution is -0.304. The zero-order chi connectivity index (χ0) is 11.2. The Hall–Kier alpha value is -1.64. The predicted molar refractivity (Wildman–Crippen MR) is 61.4 cm³/mol. The summed E-state index contributed by atoms with van der Waals surface area (Å²) in [5.74, 6) is 0.0138. The van der Waals surface area contributed by atoms with Crippen LogP contribution in [0.1, 0.15) is 17.0 Å². The first kappa shape index (κ1) is 10.9. The van der Waals surface area contributed by atoms with Crippen LogP contribution in [0.2, 0.25) is 0 Å². The zero-order valence-corrected chi connectivity index (χ0v) is 8.87. The van der Waals surface area contributed by atoms with E-state index in [9.17, 15) is 5.26 Å². The summed E-state index contributed by atoms with van der Waals surface area (Å²) in [4.78, 5) is 4.06. The van der Waals surface area contributed by atoms with E-state index in [0.29, 0.717) is 0 Å². The molecule has 0 N–H and O–H groups in total. The smallest absolute Gasteiger partial charge is 0.0964 e. The Labute approximate surface area is 95.1 Å². The fraction of sp³-hybridized carbons (Fsp3) is 0.143. The molecule has 2 nitrogen and oxygen atoms in total. The van der Waals surface area contributed by atoms with Gasteiger partial charge in [-0.2, -0.15) is 0 Å². The van der Waals surface area contributed by atoms with E-state index in [2.05, 4.69) is 4.89 Å². The average molecular weight is 213 g/mol. The van der Waals surface area contributed by atoms with Gasteiger partial charge in [0.05, 0.1) is 6.61 Å². The predicted octanol–water partition coefficient (Wildman–Crippen LogP) is 3.18. The van der Waals surface area contributed by atoms with Gasteiger partial charge in [0, 0.05) is 5.92 Å². The topological polar surface area (TPSA) is 29.1 Å². The summed E-state index contributed by atoms with van der Waals surface area (Å²) in [6, 6.07) is 19.8. The van der Waals surface area contributed by atoms with E-state index in [1.165, 1.54) is 0 Å². The summed E-state index contributed by atoms with van der Waals surface area (Å²) in [5.41, 5.74) is 2.20. The number of benzene rings is 2. The lowest BCUT2D eigenvalue weighted by Gasteiger charge is -2.15. The van der Waals surface area contributed by atoms with Crippen molar-refractivity contribution in [3.63, 3.8) is 0 Å². The largest absolute Gasteiger partial charge is 0.203 e. The molecule has 0 saturated carbocycles. The molecule has 81 valence electrons. The van der Waals surface area contributed by atoms with Crippen LogP contribution < -0.4 is 0 Å². The highest BCUT2D eigenvalue weighted by atomic mass is 17.1. The highest BCUT2D eigenvalue weighted by Crippen LogP contribution is 2.24. The average Bonchev–Trinajstić information content (AvgIpc) is 2.38. The van der Waals surface area contributed by atoms with E-state index in [4.69, 9.17) is 0 Å². The monoisotopic (exact) mass is 213 g/mol. The van der Waals surface area contributed by atoms with E-state index in [1.54, 1.807) is 0 Å². The van der Waals surface area contributed by atoms with E-state index < -0.39 is 0 Å². The molecule has 0 saturated heterocycles. The molecule has 0 aliphatic heterocycles. The molecule has 0 heterocycles. The standard InChI is InChI=1S/C14H13O2/c15-16-11-14(12-7-3-1-4-8-12)13-9-5-2-6-10-13/h1-10,14H,11H2. The minimum absolute atomic E-state index is 0.0138. The molecule has 2 rings (SSSR count). The third-order valence-corrected chi connectivity index (χ3v) is 2.64. The normalized spacial score (nSPS) is 10.6. The van der Waals surface area contributed by atoms with Gasteiger partial charge in [-0.3, -0.25) is 0 Å². The maximum absolute atomic E-state index is 10.4. The lowest BCUT2D eigenvalue weighted by atomic mass is 9.92. The summed E-state index contributed by atoms with van der Waals surface area (Å²) < 4.78 is 0. The zero-order valence-electron chi connectivity index (χ0n) is 8.87. The number of hydrogen-bond donors (Lipinski definition) is 0. The molecule has 0 atom stereocenters. The molecular weight excluding hydrogens is 200 g/mol. The Kier molecular flexibility index (Phi) is 3.70. The van der Waals surface area contributed by atoms with Crippen molar-refractivity contribution < 1.29 is 10.1 Å². The molecule has 0 aliphatic carbocycles. The van der Waals surface area contributed by atoms with Crippen molar-refractivity contribution >= 4 is 0 Å². The third kappa shape index (κ3) is 2.48. The van der Waals surface area contributed by atoms with Gasteiger partial charge in [0.25, 0.3) is 0 Å². The molecule has 2 aromatic rings. The quantitative estimate of drug-likeness (QED) is 0.566. The third-order valence-electron chi connectivity index (χ3n) is 2.64. The van der Waals surface area contributed by atoms with E-state index in [1.807, 2.05) is 60.7 Å². The highest BCUT2D eigenvalue weighted by Gasteiger charge is 2.13. The van der Waals surface area contributed by atoms with Crippen LogP contribution in [0.4, 0.5) is 0 Å². The van der Waals surface area contributed by atoms with Gasteiger partial charge in [0.2, 0.25) is 0 Å². The molecule has 0 aromatic heterocycles. The van der Waals surface area contributed by atoms with Gasteiger partial charge in [-0.25, -0.2) is 4.89 Å². The molecular formula is C14H13O2. The van der Waals surface area contributed by atoms with Gasteiger partial charge in [-0.1, -0.05) is 60.7 Å². The highest BCUT2D eigenvalue weighted by molar-refractivity contribution is 5.32. The second kappa shape index (κ2) is 5.45. The van der Waals surface area contributed by atoms with E-state index in [0.717, 1.165) is 11.1 Å². The summed E-state index contributed by atoms with van der Waals surface area (Å²) in [6.45, 7) is 0.161. The van der Waals surface area contributed by atoms with Crippen LogP contribution in [0.25, 0.3) is 0 Å². The van der Waals surface area contributed by atoms with Gasteiger partial charge in [-0.05, 0) is 16.4 Å². The maximum Gasteiger partial charge on any atom is 0.0964 e. The van der Waals surface area contributed by atoms with Crippen molar-refractivity contribution in [2.45, 2.75) is 5.92 Å². The van der Waals surface area contributed by atoms with Gasteiger partial charge >= 0.3 is 0 Å². The number of hydrogen-bond acceptors (Lipinski definition) is 1. The second-order valence-electron chi connectivity index (χ2n) is 3.66. The van der Waals surface area contributed by atoms with Crippen molar-refractivity contribution in [2.24, 2.45) is 0 Å². The Morgan fingerprint density at radius 3 is 1.62 bits per heavy atom. The molecule has 0 aliphatic rings. The van der Waals surface area contributed by atoms with Crippen LogP contribution in [-0.4, -0.2) is 6.61 Å². The van der Waals surface area contributed by atoms with Crippen LogP contribution in [0.3, 0.4) is 0 Å². The molecule has 16 heavy (non-hydrogen) atoms. The minimum Gasteiger partial charge on any atom is -0.203 e. The summed E-state index contributed by atoms with van der Waals surface area (Å²) in [7, 11) is 0. The molecule has 2 heteroatoms. The maximum atomic E-state index is 10.4. The second-order valence-corrected chi connectivity index (χ2v) is 3.66. The van der Waals surface area contributed by atoms with Crippen LogP contribution in [0.5, 0.6) is 0 Å². The molecule has 1 radical (unpaired) electrons. The van der Waals surface area contributed by atoms with Gasteiger partial charge in [0.15, 0.2) is 0 Å². The summed E-state index contributed by atoms with van der Waals surface area (Å²) in [5, 5.41) is 10.4. The molecule has 0 unspecified atom stereocenters. The Morgan fingerprint density at radius 1 is 0.812 bits per heavy atom.